The Morgan fingerprint density at radius 2 is 1.92 bits per heavy atom. The highest BCUT2D eigenvalue weighted by Crippen LogP contribution is 2.22. The molecule has 0 radical (unpaired) electrons. The van der Waals surface area contributed by atoms with Crippen molar-refractivity contribution >= 4 is 17.3 Å². The molecule has 1 aliphatic heterocycles. The van der Waals surface area contributed by atoms with Crippen LogP contribution in [0, 0.1) is 11.3 Å². The van der Waals surface area contributed by atoms with Crippen molar-refractivity contribution in [1.82, 2.24) is 4.90 Å². The van der Waals surface area contributed by atoms with Gasteiger partial charge in [-0.25, -0.2) is 0 Å². The minimum Gasteiger partial charge on any atom is -0.497 e. The van der Waals surface area contributed by atoms with Crippen LogP contribution in [0.25, 0.3) is 0 Å². The molecule has 0 saturated carbocycles. The molecule has 2 aromatic rings. The van der Waals surface area contributed by atoms with Gasteiger partial charge in [-0.15, -0.1) is 0 Å². The lowest BCUT2D eigenvalue weighted by molar-refractivity contribution is -0.117. The van der Waals surface area contributed by atoms with Crippen LogP contribution in [-0.4, -0.2) is 50.6 Å². The van der Waals surface area contributed by atoms with Crippen molar-refractivity contribution in [3.63, 3.8) is 0 Å². The summed E-state index contributed by atoms with van der Waals surface area (Å²) in [5, 5.41) is 11.8. The molecule has 1 heterocycles. The molecule has 0 aromatic heterocycles. The van der Waals surface area contributed by atoms with E-state index in [-0.39, 0.29) is 5.91 Å². The van der Waals surface area contributed by atoms with Crippen molar-refractivity contribution in [2.75, 3.05) is 50.1 Å². The highest BCUT2D eigenvalue weighted by atomic mass is 16.5. The van der Waals surface area contributed by atoms with Crippen molar-refractivity contribution in [2.45, 2.75) is 0 Å². The van der Waals surface area contributed by atoms with E-state index in [2.05, 4.69) is 27.3 Å². The Morgan fingerprint density at radius 3 is 2.65 bits per heavy atom. The fourth-order valence-corrected chi connectivity index (χ4v) is 3.04. The summed E-state index contributed by atoms with van der Waals surface area (Å²) in [5.41, 5.74) is 2.33. The van der Waals surface area contributed by atoms with E-state index in [0.717, 1.165) is 37.6 Å². The molecule has 0 bridgehead atoms. The third-order valence-corrected chi connectivity index (χ3v) is 4.43. The van der Waals surface area contributed by atoms with Gasteiger partial charge in [0.2, 0.25) is 5.91 Å². The molecule has 0 spiro atoms. The molecule has 1 N–H and O–H groups in total. The zero-order chi connectivity index (χ0) is 18.4. The van der Waals surface area contributed by atoms with Gasteiger partial charge in [-0.1, -0.05) is 12.1 Å². The van der Waals surface area contributed by atoms with Crippen LogP contribution in [0.5, 0.6) is 5.75 Å². The van der Waals surface area contributed by atoms with Crippen molar-refractivity contribution in [3.8, 4) is 11.8 Å². The predicted octanol–water partition coefficient (Wildman–Crippen LogP) is 2.33. The van der Waals surface area contributed by atoms with E-state index in [9.17, 15) is 4.79 Å². The summed E-state index contributed by atoms with van der Waals surface area (Å²) >= 11 is 0. The Bertz CT molecular complexity index is 807. The summed E-state index contributed by atoms with van der Waals surface area (Å²) in [6.45, 7) is 3.73. The molecule has 26 heavy (non-hydrogen) atoms. The second-order valence-electron chi connectivity index (χ2n) is 6.21. The highest BCUT2D eigenvalue weighted by molar-refractivity contribution is 5.92. The number of hydrogen-bond acceptors (Lipinski definition) is 5. The molecule has 0 unspecified atom stereocenters. The molecule has 1 aliphatic rings. The Hall–Kier alpha value is -3.04. The second kappa shape index (κ2) is 8.37. The van der Waals surface area contributed by atoms with Gasteiger partial charge >= 0.3 is 0 Å². The van der Waals surface area contributed by atoms with Crippen LogP contribution >= 0.6 is 0 Å². The third-order valence-electron chi connectivity index (χ3n) is 4.43. The van der Waals surface area contributed by atoms with Crippen LogP contribution in [0.2, 0.25) is 0 Å². The average molecular weight is 350 g/mol. The van der Waals surface area contributed by atoms with Crippen LogP contribution in [0.3, 0.4) is 0 Å². The van der Waals surface area contributed by atoms with Crippen molar-refractivity contribution in [2.24, 2.45) is 0 Å². The highest BCUT2D eigenvalue weighted by Gasteiger charge is 2.19. The molecule has 3 rings (SSSR count). The van der Waals surface area contributed by atoms with E-state index in [1.807, 2.05) is 18.2 Å². The Kier molecular flexibility index (Phi) is 5.72. The van der Waals surface area contributed by atoms with Gasteiger partial charge in [0.15, 0.2) is 0 Å². The maximum atomic E-state index is 12.2. The number of nitriles is 1. The number of amides is 1. The first-order valence-electron chi connectivity index (χ1n) is 8.59. The van der Waals surface area contributed by atoms with Crippen LogP contribution in [0.15, 0.2) is 48.5 Å². The monoisotopic (exact) mass is 350 g/mol. The summed E-state index contributed by atoms with van der Waals surface area (Å²) in [4.78, 5) is 16.7. The fourth-order valence-electron chi connectivity index (χ4n) is 3.04. The lowest BCUT2D eigenvalue weighted by Gasteiger charge is -2.35. The molecule has 1 amide bonds. The molecule has 2 aromatic carbocycles. The SMILES string of the molecule is COc1cccc(N2CCN(CC(=O)Nc3cccc(C#N)c3)CC2)c1. The summed E-state index contributed by atoms with van der Waals surface area (Å²) in [6, 6.07) is 17.1. The molecule has 6 nitrogen and oxygen atoms in total. The van der Waals surface area contributed by atoms with E-state index < -0.39 is 0 Å². The summed E-state index contributed by atoms with van der Waals surface area (Å²) in [7, 11) is 1.67. The molecular weight excluding hydrogens is 328 g/mol. The maximum Gasteiger partial charge on any atom is 0.238 e. The minimum absolute atomic E-state index is 0.0603. The van der Waals surface area contributed by atoms with E-state index >= 15 is 0 Å². The number of nitrogens with one attached hydrogen (secondary N) is 1. The average Bonchev–Trinajstić information content (AvgIpc) is 2.68. The number of ether oxygens (including phenoxy) is 1. The quantitative estimate of drug-likeness (QED) is 0.896. The normalized spacial score (nSPS) is 14.5. The molecule has 1 fully saturated rings. The van der Waals surface area contributed by atoms with Gasteiger partial charge in [-0.3, -0.25) is 9.69 Å². The summed E-state index contributed by atoms with van der Waals surface area (Å²) < 4.78 is 5.28. The number of benzene rings is 2. The topological polar surface area (TPSA) is 68.6 Å². The number of carbonyl (C=O) groups excluding carboxylic acids is 1. The first kappa shape index (κ1) is 17.8. The molecule has 0 atom stereocenters. The Morgan fingerprint density at radius 1 is 1.15 bits per heavy atom. The van der Waals surface area contributed by atoms with Crippen molar-refractivity contribution in [3.05, 3.63) is 54.1 Å². The zero-order valence-corrected chi connectivity index (χ0v) is 14.8. The van der Waals surface area contributed by atoms with Gasteiger partial charge in [0.25, 0.3) is 0 Å². The van der Waals surface area contributed by atoms with Gasteiger partial charge < -0.3 is 15.0 Å². The van der Waals surface area contributed by atoms with Gasteiger partial charge in [-0.2, -0.15) is 5.26 Å². The number of nitrogens with zero attached hydrogens (tertiary/aromatic N) is 3. The van der Waals surface area contributed by atoms with Crippen LogP contribution in [0.1, 0.15) is 5.56 Å². The van der Waals surface area contributed by atoms with E-state index in [4.69, 9.17) is 10.00 Å². The fraction of sp³-hybridized carbons (Fsp3) is 0.300. The molecule has 134 valence electrons. The number of methoxy groups -OCH3 is 1. The maximum absolute atomic E-state index is 12.2. The number of piperazine rings is 1. The smallest absolute Gasteiger partial charge is 0.238 e. The van der Waals surface area contributed by atoms with E-state index in [0.29, 0.717) is 17.8 Å². The first-order valence-corrected chi connectivity index (χ1v) is 8.59. The second-order valence-corrected chi connectivity index (χ2v) is 6.21. The lowest BCUT2D eigenvalue weighted by atomic mass is 10.2. The first-order chi connectivity index (χ1) is 12.7. The van der Waals surface area contributed by atoms with Crippen LogP contribution in [-0.2, 0) is 4.79 Å². The number of anilines is 2. The molecule has 0 aliphatic carbocycles. The van der Waals surface area contributed by atoms with Gasteiger partial charge in [0, 0.05) is 43.6 Å². The standard InChI is InChI=1S/C20H22N4O2/c1-26-19-7-3-6-18(13-19)24-10-8-23(9-11-24)15-20(25)22-17-5-2-4-16(12-17)14-21/h2-7,12-13H,8-11,15H2,1H3,(H,22,25). The molecule has 6 heteroatoms. The third kappa shape index (κ3) is 4.52. The zero-order valence-electron chi connectivity index (χ0n) is 14.8. The number of hydrogen-bond donors (Lipinski definition) is 1. The van der Waals surface area contributed by atoms with Gasteiger partial charge in [0.05, 0.1) is 25.3 Å². The van der Waals surface area contributed by atoms with Gasteiger partial charge in [0.1, 0.15) is 5.75 Å². The summed E-state index contributed by atoms with van der Waals surface area (Å²) in [5.74, 6) is 0.791. The van der Waals surface area contributed by atoms with E-state index in [1.165, 1.54) is 0 Å². The predicted molar refractivity (Wildman–Crippen MR) is 101 cm³/mol. The summed E-state index contributed by atoms with van der Waals surface area (Å²) in [6.07, 6.45) is 0. The number of carbonyl (C=O) groups is 1. The Balaban J connectivity index is 1.50. The van der Waals surface area contributed by atoms with Crippen LogP contribution in [0.4, 0.5) is 11.4 Å². The Labute approximate surface area is 153 Å². The van der Waals surface area contributed by atoms with Crippen LogP contribution < -0.4 is 15.0 Å². The molecule has 1 saturated heterocycles. The lowest BCUT2D eigenvalue weighted by Crippen LogP contribution is -2.48. The minimum atomic E-state index is -0.0603. The van der Waals surface area contributed by atoms with Crippen molar-refractivity contribution < 1.29 is 9.53 Å². The van der Waals surface area contributed by atoms with Crippen molar-refractivity contribution in [1.29, 1.82) is 5.26 Å². The largest absolute Gasteiger partial charge is 0.497 e. The molecular formula is C20H22N4O2. The van der Waals surface area contributed by atoms with Gasteiger partial charge in [-0.05, 0) is 30.3 Å². The number of rotatable bonds is 5. The van der Waals surface area contributed by atoms with E-state index in [1.54, 1.807) is 31.4 Å².